The molecule has 0 saturated heterocycles. The second-order valence-corrected chi connectivity index (χ2v) is 7.47. The minimum atomic E-state index is -0.307. The third-order valence-corrected chi connectivity index (χ3v) is 4.54. The molecule has 0 amide bonds. The molecule has 0 fully saturated rings. The summed E-state index contributed by atoms with van der Waals surface area (Å²) in [5, 5.41) is 7.93. The van der Waals surface area contributed by atoms with Gasteiger partial charge in [0.15, 0.2) is 11.6 Å². The van der Waals surface area contributed by atoms with Gasteiger partial charge >= 0.3 is 0 Å². The molecule has 0 aliphatic rings. The molecule has 3 rings (SSSR count). The molecule has 0 radical (unpaired) electrons. The summed E-state index contributed by atoms with van der Waals surface area (Å²) >= 11 is 6.07. The van der Waals surface area contributed by atoms with Crippen LogP contribution in [-0.4, -0.2) is 28.6 Å². The first kappa shape index (κ1) is 19.9. The lowest BCUT2D eigenvalue weighted by Crippen LogP contribution is -2.20. The third-order valence-electron chi connectivity index (χ3n) is 4.30. The molecule has 1 atom stereocenters. The molecule has 148 valence electrons. The van der Waals surface area contributed by atoms with E-state index in [1.54, 1.807) is 25.4 Å². The standard InChI is InChI=1S/C20H24ClN5O2/c1-11(2)9-22-18-17(28-4)10-23-20(26-18)24-12(3)15-8-13-7-14(21)5-6-16(13)25-19(15)27/h5-8,10-12H,9H2,1-4H3,(H,25,27)(H2,22,23,24,26). The Labute approximate surface area is 168 Å². The number of aromatic nitrogens is 3. The van der Waals surface area contributed by atoms with E-state index in [1.165, 1.54) is 0 Å². The molecule has 2 aromatic heterocycles. The molecule has 1 unspecified atom stereocenters. The predicted octanol–water partition coefficient (Wildman–Crippen LogP) is 4.22. The molecular weight excluding hydrogens is 378 g/mol. The molecular formula is C20H24ClN5O2. The lowest BCUT2D eigenvalue weighted by molar-refractivity contribution is 0.412. The van der Waals surface area contributed by atoms with Crippen LogP contribution >= 0.6 is 11.6 Å². The number of halogens is 1. The highest BCUT2D eigenvalue weighted by Crippen LogP contribution is 2.25. The van der Waals surface area contributed by atoms with E-state index in [4.69, 9.17) is 16.3 Å². The van der Waals surface area contributed by atoms with E-state index < -0.39 is 0 Å². The molecule has 0 aliphatic heterocycles. The molecule has 3 N–H and O–H groups in total. The van der Waals surface area contributed by atoms with Crippen LogP contribution < -0.4 is 20.9 Å². The van der Waals surface area contributed by atoms with Gasteiger partial charge in [0.25, 0.3) is 5.56 Å². The van der Waals surface area contributed by atoms with Crippen LogP contribution in [0.25, 0.3) is 10.9 Å². The van der Waals surface area contributed by atoms with Gasteiger partial charge in [-0.25, -0.2) is 4.98 Å². The van der Waals surface area contributed by atoms with Crippen LogP contribution in [0.3, 0.4) is 0 Å². The van der Waals surface area contributed by atoms with Crippen molar-refractivity contribution in [3.63, 3.8) is 0 Å². The number of anilines is 2. The zero-order valence-electron chi connectivity index (χ0n) is 16.3. The molecule has 7 nitrogen and oxygen atoms in total. The monoisotopic (exact) mass is 401 g/mol. The van der Waals surface area contributed by atoms with Gasteiger partial charge in [0.2, 0.25) is 5.95 Å². The predicted molar refractivity (Wildman–Crippen MR) is 114 cm³/mol. The van der Waals surface area contributed by atoms with E-state index in [0.717, 1.165) is 17.4 Å². The average Bonchev–Trinajstić information content (AvgIpc) is 2.66. The van der Waals surface area contributed by atoms with Crippen LogP contribution in [-0.2, 0) is 0 Å². The van der Waals surface area contributed by atoms with Crippen molar-refractivity contribution in [3.05, 3.63) is 51.4 Å². The van der Waals surface area contributed by atoms with E-state index in [0.29, 0.717) is 34.0 Å². The second-order valence-electron chi connectivity index (χ2n) is 7.04. The molecule has 1 aromatic carbocycles. The topological polar surface area (TPSA) is 91.9 Å². The first-order chi connectivity index (χ1) is 13.4. The number of benzene rings is 1. The summed E-state index contributed by atoms with van der Waals surface area (Å²) < 4.78 is 5.32. The molecule has 28 heavy (non-hydrogen) atoms. The smallest absolute Gasteiger partial charge is 0.253 e. The lowest BCUT2D eigenvalue weighted by atomic mass is 10.1. The summed E-state index contributed by atoms with van der Waals surface area (Å²) in [6.07, 6.45) is 1.61. The number of nitrogens with zero attached hydrogens (tertiary/aromatic N) is 2. The Kier molecular flexibility index (Phi) is 6.04. The van der Waals surface area contributed by atoms with Crippen LogP contribution in [0.1, 0.15) is 32.4 Å². The van der Waals surface area contributed by atoms with E-state index >= 15 is 0 Å². The zero-order valence-corrected chi connectivity index (χ0v) is 17.1. The van der Waals surface area contributed by atoms with Gasteiger partial charge < -0.3 is 20.4 Å². The SMILES string of the molecule is COc1cnc(NC(C)c2cc3cc(Cl)ccc3[nH]c2=O)nc1NCC(C)C. The van der Waals surface area contributed by atoms with Gasteiger partial charge in [-0.3, -0.25) is 4.79 Å². The molecule has 0 bridgehead atoms. The van der Waals surface area contributed by atoms with Crippen molar-refractivity contribution in [2.45, 2.75) is 26.8 Å². The number of methoxy groups -OCH3 is 1. The second kappa shape index (κ2) is 8.48. The summed E-state index contributed by atoms with van der Waals surface area (Å²) in [4.78, 5) is 24.2. The summed E-state index contributed by atoms with van der Waals surface area (Å²) in [7, 11) is 1.58. The summed E-state index contributed by atoms with van der Waals surface area (Å²) in [5.41, 5.74) is 1.15. The number of ether oxygens (including phenoxy) is 1. The number of nitrogens with one attached hydrogen (secondary N) is 3. The maximum Gasteiger partial charge on any atom is 0.253 e. The average molecular weight is 402 g/mol. The molecule has 2 heterocycles. The fourth-order valence-electron chi connectivity index (χ4n) is 2.80. The van der Waals surface area contributed by atoms with Gasteiger partial charge in [-0.2, -0.15) is 4.98 Å². The van der Waals surface area contributed by atoms with Crippen LogP contribution in [0, 0.1) is 5.92 Å². The van der Waals surface area contributed by atoms with E-state index in [9.17, 15) is 4.79 Å². The van der Waals surface area contributed by atoms with Gasteiger partial charge in [0, 0.05) is 28.0 Å². The van der Waals surface area contributed by atoms with Gasteiger partial charge in [0.05, 0.1) is 19.3 Å². The maximum absolute atomic E-state index is 12.5. The third kappa shape index (κ3) is 4.54. The highest BCUT2D eigenvalue weighted by Gasteiger charge is 2.14. The number of fused-ring (bicyclic) bond motifs is 1. The Hall–Kier alpha value is -2.80. The molecule has 8 heteroatoms. The summed E-state index contributed by atoms with van der Waals surface area (Å²) in [5.74, 6) is 2.04. The number of aromatic amines is 1. The molecule has 0 saturated carbocycles. The number of hydrogen-bond donors (Lipinski definition) is 3. The quantitative estimate of drug-likeness (QED) is 0.549. The highest BCUT2D eigenvalue weighted by atomic mass is 35.5. The van der Waals surface area contributed by atoms with E-state index in [1.807, 2.05) is 19.1 Å². The summed E-state index contributed by atoms with van der Waals surface area (Å²) in [6, 6.07) is 6.89. The molecule has 0 spiro atoms. The zero-order chi connectivity index (χ0) is 20.3. The number of pyridine rings is 1. The van der Waals surface area contributed by atoms with E-state index in [-0.39, 0.29) is 11.6 Å². The van der Waals surface area contributed by atoms with Crippen molar-refractivity contribution in [2.75, 3.05) is 24.3 Å². The van der Waals surface area contributed by atoms with Gasteiger partial charge in [-0.05, 0) is 37.1 Å². The van der Waals surface area contributed by atoms with Crippen LogP contribution in [0.5, 0.6) is 5.75 Å². The first-order valence-electron chi connectivity index (χ1n) is 9.11. The molecule has 3 aromatic rings. The number of hydrogen-bond acceptors (Lipinski definition) is 6. The van der Waals surface area contributed by atoms with E-state index in [2.05, 4.69) is 39.4 Å². The molecule has 0 aliphatic carbocycles. The Balaban J connectivity index is 1.87. The Morgan fingerprint density at radius 2 is 2.04 bits per heavy atom. The van der Waals surface area contributed by atoms with Gasteiger partial charge in [-0.1, -0.05) is 25.4 Å². The fourth-order valence-corrected chi connectivity index (χ4v) is 2.99. The van der Waals surface area contributed by atoms with Crippen LogP contribution in [0.15, 0.2) is 35.3 Å². The Morgan fingerprint density at radius 3 is 2.75 bits per heavy atom. The Morgan fingerprint density at radius 1 is 1.25 bits per heavy atom. The lowest BCUT2D eigenvalue weighted by Gasteiger charge is -2.16. The van der Waals surface area contributed by atoms with Crippen molar-refractivity contribution >= 4 is 34.3 Å². The van der Waals surface area contributed by atoms with Crippen LogP contribution in [0.2, 0.25) is 5.02 Å². The van der Waals surface area contributed by atoms with Gasteiger partial charge in [-0.15, -0.1) is 0 Å². The van der Waals surface area contributed by atoms with Crippen LogP contribution in [0.4, 0.5) is 11.8 Å². The van der Waals surface area contributed by atoms with Crippen molar-refractivity contribution in [3.8, 4) is 5.75 Å². The normalized spacial score (nSPS) is 12.2. The van der Waals surface area contributed by atoms with Crippen molar-refractivity contribution in [1.82, 2.24) is 15.0 Å². The Bertz CT molecular complexity index is 1030. The maximum atomic E-state index is 12.5. The first-order valence-corrected chi connectivity index (χ1v) is 9.49. The minimum absolute atomic E-state index is 0.165. The minimum Gasteiger partial charge on any atom is -0.491 e. The van der Waals surface area contributed by atoms with Crippen molar-refractivity contribution < 1.29 is 4.74 Å². The highest BCUT2D eigenvalue weighted by molar-refractivity contribution is 6.31. The number of H-pyrrole nitrogens is 1. The van der Waals surface area contributed by atoms with Crippen molar-refractivity contribution in [1.29, 1.82) is 0 Å². The van der Waals surface area contributed by atoms with Gasteiger partial charge in [0.1, 0.15) is 0 Å². The van der Waals surface area contributed by atoms with Crippen molar-refractivity contribution in [2.24, 2.45) is 5.92 Å². The fraction of sp³-hybridized carbons (Fsp3) is 0.350. The summed E-state index contributed by atoms with van der Waals surface area (Å²) in [6.45, 7) is 6.86. The number of rotatable bonds is 7. The largest absolute Gasteiger partial charge is 0.491 e.